The topological polar surface area (TPSA) is 54.0 Å². The van der Waals surface area contributed by atoms with Crippen molar-refractivity contribution in [1.82, 2.24) is 4.98 Å². The van der Waals surface area contributed by atoms with E-state index < -0.39 is 5.54 Å². The number of nitrogens with zero attached hydrogens (tertiary/aromatic N) is 1. The molecule has 0 saturated carbocycles. The number of anilines is 2. The second-order valence-corrected chi connectivity index (χ2v) is 4.12. The molecule has 1 unspecified atom stereocenters. The van der Waals surface area contributed by atoms with Crippen LogP contribution in [-0.4, -0.2) is 16.4 Å². The van der Waals surface area contributed by atoms with Crippen LogP contribution in [0.1, 0.15) is 25.8 Å². The highest BCUT2D eigenvalue weighted by molar-refractivity contribution is 6.05. The summed E-state index contributed by atoms with van der Waals surface area (Å²) >= 11 is 0. The minimum Gasteiger partial charge on any atom is -0.354 e. The van der Waals surface area contributed by atoms with Crippen LogP contribution in [-0.2, 0) is 4.79 Å². The van der Waals surface area contributed by atoms with Gasteiger partial charge in [-0.3, -0.25) is 4.79 Å². The Labute approximate surface area is 89.1 Å². The van der Waals surface area contributed by atoms with Crippen LogP contribution in [0.15, 0.2) is 12.3 Å². The summed E-state index contributed by atoms with van der Waals surface area (Å²) in [5.41, 5.74) is 1.28. The fourth-order valence-electron chi connectivity index (χ4n) is 1.63. The van der Waals surface area contributed by atoms with Crippen molar-refractivity contribution in [2.24, 2.45) is 0 Å². The molecule has 1 aromatic heterocycles. The molecule has 0 spiro atoms. The van der Waals surface area contributed by atoms with Crippen molar-refractivity contribution in [1.29, 1.82) is 0 Å². The van der Waals surface area contributed by atoms with Crippen LogP contribution in [0.3, 0.4) is 0 Å². The molecule has 0 fully saturated rings. The van der Waals surface area contributed by atoms with Crippen molar-refractivity contribution in [3.63, 3.8) is 0 Å². The molecule has 2 rings (SSSR count). The monoisotopic (exact) mass is 205 g/mol. The van der Waals surface area contributed by atoms with Gasteiger partial charge in [0.25, 0.3) is 0 Å². The van der Waals surface area contributed by atoms with Crippen LogP contribution in [0.4, 0.5) is 11.5 Å². The van der Waals surface area contributed by atoms with E-state index in [9.17, 15) is 4.79 Å². The van der Waals surface area contributed by atoms with Gasteiger partial charge in [-0.2, -0.15) is 0 Å². The van der Waals surface area contributed by atoms with Gasteiger partial charge in [-0.15, -0.1) is 0 Å². The van der Waals surface area contributed by atoms with Gasteiger partial charge < -0.3 is 10.6 Å². The van der Waals surface area contributed by atoms with Crippen LogP contribution < -0.4 is 10.6 Å². The molecule has 0 saturated heterocycles. The van der Waals surface area contributed by atoms with E-state index in [-0.39, 0.29) is 5.91 Å². The van der Waals surface area contributed by atoms with Gasteiger partial charge in [-0.25, -0.2) is 4.98 Å². The highest BCUT2D eigenvalue weighted by atomic mass is 16.2. The van der Waals surface area contributed by atoms with Gasteiger partial charge in [0.15, 0.2) is 5.82 Å². The second-order valence-electron chi connectivity index (χ2n) is 4.12. The number of pyridine rings is 1. The van der Waals surface area contributed by atoms with Crippen LogP contribution in [0.25, 0.3) is 0 Å². The van der Waals surface area contributed by atoms with E-state index in [1.54, 1.807) is 6.20 Å². The lowest BCUT2D eigenvalue weighted by Crippen LogP contribution is -2.50. The molecular weight excluding hydrogens is 190 g/mol. The molecule has 1 aliphatic heterocycles. The van der Waals surface area contributed by atoms with Crippen molar-refractivity contribution in [3.8, 4) is 0 Å². The SMILES string of the molecule is CCC1(C)Nc2nccc(C)c2NC1=O. The first kappa shape index (κ1) is 9.96. The van der Waals surface area contributed by atoms with Gasteiger partial charge >= 0.3 is 0 Å². The zero-order valence-electron chi connectivity index (χ0n) is 9.22. The van der Waals surface area contributed by atoms with Crippen LogP contribution in [0, 0.1) is 6.92 Å². The Hall–Kier alpha value is -1.58. The highest BCUT2D eigenvalue weighted by Crippen LogP contribution is 2.32. The predicted octanol–water partition coefficient (Wildman–Crippen LogP) is 1.92. The molecule has 15 heavy (non-hydrogen) atoms. The predicted molar refractivity (Wildman–Crippen MR) is 59.9 cm³/mol. The van der Waals surface area contributed by atoms with Gasteiger partial charge in [0, 0.05) is 6.20 Å². The zero-order chi connectivity index (χ0) is 11.1. The van der Waals surface area contributed by atoms with Gasteiger partial charge in [-0.1, -0.05) is 6.92 Å². The molecule has 4 heteroatoms. The first-order chi connectivity index (χ1) is 7.07. The maximum Gasteiger partial charge on any atom is 0.249 e. The summed E-state index contributed by atoms with van der Waals surface area (Å²) in [6, 6.07) is 1.88. The molecule has 0 aliphatic carbocycles. The minimum absolute atomic E-state index is 0.00796. The number of fused-ring (bicyclic) bond motifs is 1. The first-order valence-corrected chi connectivity index (χ1v) is 5.12. The molecule has 1 atom stereocenters. The number of nitrogens with one attached hydrogen (secondary N) is 2. The summed E-state index contributed by atoms with van der Waals surface area (Å²) in [7, 11) is 0. The lowest BCUT2D eigenvalue weighted by molar-refractivity contribution is -0.120. The Morgan fingerprint density at radius 1 is 1.53 bits per heavy atom. The molecule has 1 amide bonds. The molecule has 0 bridgehead atoms. The molecule has 0 radical (unpaired) electrons. The third kappa shape index (κ3) is 1.46. The quantitative estimate of drug-likeness (QED) is 0.736. The Balaban J connectivity index is 2.47. The Morgan fingerprint density at radius 3 is 2.93 bits per heavy atom. The maximum atomic E-state index is 11.9. The van der Waals surface area contributed by atoms with E-state index in [0.29, 0.717) is 0 Å². The second kappa shape index (κ2) is 3.22. The third-order valence-electron chi connectivity index (χ3n) is 3.00. The Morgan fingerprint density at radius 2 is 2.27 bits per heavy atom. The van der Waals surface area contributed by atoms with E-state index in [1.807, 2.05) is 26.8 Å². The van der Waals surface area contributed by atoms with Crippen molar-refractivity contribution < 1.29 is 4.79 Å². The summed E-state index contributed by atoms with van der Waals surface area (Å²) in [6.07, 6.45) is 2.47. The largest absolute Gasteiger partial charge is 0.354 e. The molecular formula is C11H15N3O. The first-order valence-electron chi connectivity index (χ1n) is 5.12. The molecule has 1 aromatic rings. The van der Waals surface area contributed by atoms with Crippen molar-refractivity contribution in [2.75, 3.05) is 10.6 Å². The van der Waals surface area contributed by atoms with Crippen molar-refractivity contribution in [3.05, 3.63) is 17.8 Å². The number of amides is 1. The number of hydrogen-bond donors (Lipinski definition) is 2. The third-order valence-corrected chi connectivity index (χ3v) is 3.00. The van der Waals surface area contributed by atoms with Crippen LogP contribution in [0.2, 0.25) is 0 Å². The number of carbonyl (C=O) groups is 1. The molecule has 4 nitrogen and oxygen atoms in total. The van der Waals surface area contributed by atoms with E-state index in [0.717, 1.165) is 23.5 Å². The fraction of sp³-hybridized carbons (Fsp3) is 0.455. The summed E-state index contributed by atoms with van der Waals surface area (Å²) < 4.78 is 0. The summed E-state index contributed by atoms with van der Waals surface area (Å²) in [5, 5.41) is 6.10. The van der Waals surface area contributed by atoms with E-state index in [1.165, 1.54) is 0 Å². The van der Waals surface area contributed by atoms with Crippen molar-refractivity contribution >= 4 is 17.4 Å². The molecule has 2 heterocycles. The normalized spacial score (nSPS) is 24.1. The Kier molecular flexibility index (Phi) is 2.14. The smallest absolute Gasteiger partial charge is 0.249 e. The highest BCUT2D eigenvalue weighted by Gasteiger charge is 2.36. The molecule has 80 valence electrons. The van der Waals surface area contributed by atoms with E-state index in [2.05, 4.69) is 15.6 Å². The van der Waals surface area contributed by atoms with E-state index in [4.69, 9.17) is 0 Å². The number of carbonyl (C=O) groups excluding carboxylic acids is 1. The zero-order valence-corrected chi connectivity index (χ0v) is 9.22. The number of aryl methyl sites for hydroxylation is 1. The molecule has 2 N–H and O–H groups in total. The summed E-state index contributed by atoms with van der Waals surface area (Å²) in [6.45, 7) is 5.82. The standard InChI is InChI=1S/C11H15N3O/c1-4-11(3)10(15)13-8-7(2)5-6-12-9(8)14-11/h5-6H,4H2,1-3H3,(H,12,14)(H,13,15). The average Bonchev–Trinajstić information content (AvgIpc) is 2.21. The van der Waals surface area contributed by atoms with Crippen LogP contribution >= 0.6 is 0 Å². The fourth-order valence-corrected chi connectivity index (χ4v) is 1.63. The molecule has 0 aromatic carbocycles. The number of hydrogen-bond acceptors (Lipinski definition) is 3. The lowest BCUT2D eigenvalue weighted by atomic mass is 9.95. The number of aromatic nitrogens is 1. The average molecular weight is 205 g/mol. The Bertz CT molecular complexity index is 416. The summed E-state index contributed by atoms with van der Waals surface area (Å²) in [5.74, 6) is 0.771. The van der Waals surface area contributed by atoms with Crippen LogP contribution in [0.5, 0.6) is 0 Å². The van der Waals surface area contributed by atoms with Crippen molar-refractivity contribution in [2.45, 2.75) is 32.7 Å². The summed E-state index contributed by atoms with van der Waals surface area (Å²) in [4.78, 5) is 16.1. The van der Waals surface area contributed by atoms with Gasteiger partial charge in [0.1, 0.15) is 5.54 Å². The molecule has 1 aliphatic rings. The van der Waals surface area contributed by atoms with E-state index >= 15 is 0 Å². The number of rotatable bonds is 1. The minimum atomic E-state index is -0.548. The van der Waals surface area contributed by atoms with Gasteiger partial charge in [-0.05, 0) is 31.9 Å². The van der Waals surface area contributed by atoms with Gasteiger partial charge in [0.05, 0.1) is 5.69 Å². The maximum absolute atomic E-state index is 11.9. The van der Waals surface area contributed by atoms with Gasteiger partial charge in [0.2, 0.25) is 5.91 Å². The lowest BCUT2D eigenvalue weighted by Gasteiger charge is -2.34.